The molecule has 2 atom stereocenters. The lowest BCUT2D eigenvalue weighted by Crippen LogP contribution is -2.59. The number of anilines is 1. The molecule has 6 nitrogen and oxygen atoms in total. The van der Waals surface area contributed by atoms with Crippen molar-refractivity contribution in [2.75, 3.05) is 31.6 Å². The van der Waals surface area contributed by atoms with Crippen molar-refractivity contribution in [2.24, 2.45) is 17.3 Å². The van der Waals surface area contributed by atoms with Crippen LogP contribution in [0.3, 0.4) is 0 Å². The summed E-state index contributed by atoms with van der Waals surface area (Å²) in [6, 6.07) is 10.1. The smallest absolute Gasteiger partial charge is 0.257 e. The molecular weight excluding hydrogens is 448 g/mol. The molecule has 1 aromatic carbocycles. The van der Waals surface area contributed by atoms with E-state index in [1.54, 1.807) is 0 Å². The lowest BCUT2D eigenvalue weighted by molar-refractivity contribution is -0.174. The number of morpholine rings is 1. The minimum atomic E-state index is -0.700. The largest absolute Gasteiger partial charge is 0.390 e. The van der Waals surface area contributed by atoms with Crippen LogP contribution >= 0.6 is 11.3 Å². The number of hydrogen-bond donors (Lipinski definition) is 2. The Bertz CT molecular complexity index is 1110. The molecule has 0 unspecified atom stereocenters. The predicted molar refractivity (Wildman–Crippen MR) is 132 cm³/mol. The van der Waals surface area contributed by atoms with Crippen molar-refractivity contribution in [1.82, 2.24) is 4.90 Å². The van der Waals surface area contributed by atoms with Crippen LogP contribution in [0.4, 0.5) is 5.00 Å². The Kier molecular flexibility index (Phi) is 5.35. The maximum atomic E-state index is 13.9. The predicted octanol–water partition coefficient (Wildman–Crippen LogP) is 4.47. The summed E-state index contributed by atoms with van der Waals surface area (Å²) in [7, 11) is 0. The minimum Gasteiger partial charge on any atom is -0.390 e. The highest BCUT2D eigenvalue weighted by Crippen LogP contribution is 2.62. The zero-order chi connectivity index (χ0) is 23.5. The quantitative estimate of drug-likeness (QED) is 0.677. The Labute approximate surface area is 204 Å². The lowest BCUT2D eigenvalue weighted by atomic mass is 9.47. The van der Waals surface area contributed by atoms with Crippen molar-refractivity contribution >= 4 is 28.2 Å². The fourth-order valence-electron chi connectivity index (χ4n) is 7.36. The standard InChI is InChI=1S/C27H32N2O4S/c1-17-21(24(30)29-7-9-33-10-8-29)23(34-22(17)20-5-3-2-4-6-20)28-25(31)26-12-18-11-19(13-26)15-27(32,14-18)16-26/h2-6,18-19,32H,7-16H2,1H3,(H,28,31)/t18-,19-,26?,27?/m0/s1. The first-order valence-corrected chi connectivity index (χ1v) is 13.3. The number of benzene rings is 1. The topological polar surface area (TPSA) is 78.9 Å². The summed E-state index contributed by atoms with van der Waals surface area (Å²) >= 11 is 1.49. The highest BCUT2D eigenvalue weighted by Gasteiger charge is 2.60. The lowest BCUT2D eigenvalue weighted by Gasteiger charge is -2.59. The summed E-state index contributed by atoms with van der Waals surface area (Å²) in [5.41, 5.74) is 1.33. The average molecular weight is 481 g/mol. The normalized spacial score (nSPS) is 32.1. The fraction of sp³-hybridized carbons (Fsp3) is 0.556. The van der Waals surface area contributed by atoms with Gasteiger partial charge in [0, 0.05) is 18.0 Å². The van der Waals surface area contributed by atoms with E-state index < -0.39 is 11.0 Å². The maximum absolute atomic E-state index is 13.9. The van der Waals surface area contributed by atoms with Crippen LogP contribution in [0.5, 0.6) is 0 Å². The molecule has 4 saturated carbocycles. The van der Waals surface area contributed by atoms with Crippen LogP contribution in [-0.4, -0.2) is 53.7 Å². The summed E-state index contributed by atoms with van der Waals surface area (Å²) in [6.07, 6.45) is 5.03. The van der Waals surface area contributed by atoms with Gasteiger partial charge in [0.05, 0.1) is 29.8 Å². The van der Waals surface area contributed by atoms with Crippen molar-refractivity contribution in [3.8, 4) is 10.4 Å². The molecule has 4 aliphatic carbocycles. The van der Waals surface area contributed by atoms with Gasteiger partial charge in [0.2, 0.25) is 5.91 Å². The summed E-state index contributed by atoms with van der Waals surface area (Å²) < 4.78 is 5.45. The van der Waals surface area contributed by atoms with E-state index in [4.69, 9.17) is 4.74 Å². The molecule has 180 valence electrons. The summed E-state index contributed by atoms with van der Waals surface area (Å²) in [5, 5.41) is 15.0. The third-order valence-corrected chi connectivity index (χ3v) is 9.69. The van der Waals surface area contributed by atoms with Crippen LogP contribution in [0.2, 0.25) is 0 Å². The van der Waals surface area contributed by atoms with E-state index in [-0.39, 0.29) is 11.8 Å². The molecule has 0 radical (unpaired) electrons. The van der Waals surface area contributed by atoms with Crippen LogP contribution in [0.25, 0.3) is 10.4 Å². The minimum absolute atomic E-state index is 0.0167. The summed E-state index contributed by atoms with van der Waals surface area (Å²) in [6.45, 7) is 4.17. The molecule has 7 heteroatoms. The SMILES string of the molecule is Cc1c(-c2ccccc2)sc(NC(=O)C23C[C@@H]4C[C@H](CC(O)(C4)C2)C3)c1C(=O)N1CCOCC1. The number of hydrogen-bond acceptors (Lipinski definition) is 5. The molecule has 34 heavy (non-hydrogen) atoms. The first-order chi connectivity index (χ1) is 16.4. The molecule has 2 heterocycles. The molecule has 1 aliphatic heterocycles. The van der Waals surface area contributed by atoms with E-state index >= 15 is 0 Å². The van der Waals surface area contributed by atoms with Gasteiger partial charge in [-0.15, -0.1) is 11.3 Å². The number of ether oxygens (including phenoxy) is 1. The van der Waals surface area contributed by atoms with E-state index in [2.05, 4.69) is 5.32 Å². The van der Waals surface area contributed by atoms with Gasteiger partial charge in [0.25, 0.3) is 5.91 Å². The highest BCUT2D eigenvalue weighted by molar-refractivity contribution is 7.20. The van der Waals surface area contributed by atoms with E-state index in [0.717, 1.165) is 48.1 Å². The van der Waals surface area contributed by atoms with Gasteiger partial charge in [-0.3, -0.25) is 9.59 Å². The third-order valence-electron chi connectivity index (χ3n) is 8.43. The molecule has 4 bridgehead atoms. The van der Waals surface area contributed by atoms with E-state index in [9.17, 15) is 14.7 Å². The molecule has 5 aliphatic rings. The second-order valence-corrected chi connectivity index (χ2v) is 12.0. The summed E-state index contributed by atoms with van der Waals surface area (Å²) in [5.74, 6) is 0.795. The fourth-order valence-corrected chi connectivity index (χ4v) is 8.56. The van der Waals surface area contributed by atoms with Gasteiger partial charge < -0.3 is 20.1 Å². The van der Waals surface area contributed by atoms with E-state index in [1.165, 1.54) is 11.3 Å². The van der Waals surface area contributed by atoms with Gasteiger partial charge in [-0.25, -0.2) is 0 Å². The molecule has 0 spiro atoms. The van der Waals surface area contributed by atoms with Gasteiger partial charge in [-0.2, -0.15) is 0 Å². The monoisotopic (exact) mass is 480 g/mol. The number of aliphatic hydroxyl groups is 1. The van der Waals surface area contributed by atoms with Crippen LogP contribution in [0.15, 0.2) is 30.3 Å². The van der Waals surface area contributed by atoms with Crippen LogP contribution in [0.1, 0.15) is 54.4 Å². The van der Waals surface area contributed by atoms with Crippen molar-refractivity contribution in [2.45, 2.75) is 51.0 Å². The second-order valence-electron chi connectivity index (χ2n) is 11.0. The Morgan fingerprint density at radius 2 is 1.76 bits per heavy atom. The first kappa shape index (κ1) is 22.3. The number of thiophene rings is 1. The number of rotatable bonds is 4. The molecule has 2 aromatic rings. The van der Waals surface area contributed by atoms with Gasteiger partial charge in [0.15, 0.2) is 0 Å². The molecule has 1 saturated heterocycles. The molecular formula is C27H32N2O4S. The van der Waals surface area contributed by atoms with Crippen molar-refractivity contribution in [1.29, 1.82) is 0 Å². The Balaban J connectivity index is 1.36. The third kappa shape index (κ3) is 3.69. The van der Waals surface area contributed by atoms with Gasteiger partial charge in [0.1, 0.15) is 5.00 Å². The second kappa shape index (κ2) is 8.18. The van der Waals surface area contributed by atoms with Crippen LogP contribution in [-0.2, 0) is 9.53 Å². The van der Waals surface area contributed by atoms with Gasteiger partial charge in [-0.1, -0.05) is 30.3 Å². The molecule has 7 rings (SSSR count). The molecule has 2 amide bonds. The number of carbonyl (C=O) groups excluding carboxylic acids is 2. The molecule has 5 fully saturated rings. The Hall–Kier alpha value is -2.22. The first-order valence-electron chi connectivity index (χ1n) is 12.5. The Morgan fingerprint density at radius 1 is 1.09 bits per heavy atom. The summed E-state index contributed by atoms with van der Waals surface area (Å²) in [4.78, 5) is 30.3. The molecule has 1 aromatic heterocycles. The number of nitrogens with one attached hydrogen (secondary N) is 1. The number of nitrogens with zero attached hydrogens (tertiary/aromatic N) is 1. The zero-order valence-corrected chi connectivity index (χ0v) is 20.5. The van der Waals surface area contributed by atoms with Gasteiger partial charge >= 0.3 is 0 Å². The van der Waals surface area contributed by atoms with Crippen molar-refractivity contribution in [3.05, 3.63) is 41.5 Å². The average Bonchev–Trinajstić information content (AvgIpc) is 3.13. The van der Waals surface area contributed by atoms with Crippen LogP contribution in [0, 0.1) is 24.2 Å². The van der Waals surface area contributed by atoms with Gasteiger partial charge in [-0.05, 0) is 68.4 Å². The highest BCUT2D eigenvalue weighted by atomic mass is 32.1. The Morgan fingerprint density at radius 3 is 2.41 bits per heavy atom. The van der Waals surface area contributed by atoms with E-state index in [0.29, 0.717) is 55.1 Å². The van der Waals surface area contributed by atoms with E-state index in [1.807, 2.05) is 42.2 Å². The van der Waals surface area contributed by atoms with Crippen LogP contribution < -0.4 is 5.32 Å². The number of carbonyl (C=O) groups is 2. The maximum Gasteiger partial charge on any atom is 0.257 e. The number of amides is 2. The molecule has 2 N–H and O–H groups in total. The van der Waals surface area contributed by atoms with Crippen molar-refractivity contribution < 1.29 is 19.4 Å². The zero-order valence-electron chi connectivity index (χ0n) is 19.6. The van der Waals surface area contributed by atoms with Crippen molar-refractivity contribution in [3.63, 3.8) is 0 Å².